The van der Waals surface area contributed by atoms with Gasteiger partial charge in [-0.05, 0) is 24.6 Å². The monoisotopic (exact) mass is 294 g/mol. The molecule has 2 amide bonds. The van der Waals surface area contributed by atoms with E-state index in [4.69, 9.17) is 11.6 Å². The van der Waals surface area contributed by atoms with Gasteiger partial charge in [0.2, 0.25) is 0 Å². The number of carbonyl (C=O) groups is 1. The van der Waals surface area contributed by atoms with Gasteiger partial charge in [-0.2, -0.15) is 13.2 Å². The van der Waals surface area contributed by atoms with Gasteiger partial charge in [0.1, 0.15) is 6.54 Å². The van der Waals surface area contributed by atoms with Gasteiger partial charge in [-0.25, -0.2) is 4.79 Å². The summed E-state index contributed by atoms with van der Waals surface area (Å²) in [6, 6.07) is 5.65. The zero-order chi connectivity index (χ0) is 14.6. The highest BCUT2D eigenvalue weighted by Crippen LogP contribution is 2.22. The molecule has 1 aromatic carbocycles. The van der Waals surface area contributed by atoms with Crippen LogP contribution in [0.1, 0.15) is 18.5 Å². The van der Waals surface area contributed by atoms with Gasteiger partial charge in [0.05, 0.1) is 6.04 Å². The lowest BCUT2D eigenvalue weighted by Crippen LogP contribution is -2.42. The molecule has 0 aromatic heterocycles. The number of halogens is 4. The topological polar surface area (TPSA) is 32.3 Å². The molecule has 19 heavy (non-hydrogen) atoms. The fraction of sp³-hybridized carbons (Fsp3) is 0.417. The van der Waals surface area contributed by atoms with Crippen molar-refractivity contribution in [1.82, 2.24) is 10.2 Å². The van der Waals surface area contributed by atoms with Crippen LogP contribution in [0.3, 0.4) is 0 Å². The van der Waals surface area contributed by atoms with Crippen LogP contribution in [0.5, 0.6) is 0 Å². The maximum absolute atomic E-state index is 12.0. The Morgan fingerprint density at radius 3 is 2.63 bits per heavy atom. The molecule has 0 radical (unpaired) electrons. The number of nitrogens with zero attached hydrogens (tertiary/aromatic N) is 1. The number of benzene rings is 1. The maximum atomic E-state index is 12.0. The van der Waals surface area contributed by atoms with Crippen LogP contribution in [0.4, 0.5) is 18.0 Å². The van der Waals surface area contributed by atoms with E-state index in [1.54, 1.807) is 31.2 Å². The fourth-order valence-electron chi connectivity index (χ4n) is 1.47. The number of urea groups is 1. The number of alkyl halides is 3. The van der Waals surface area contributed by atoms with Crippen molar-refractivity contribution in [3.8, 4) is 0 Å². The first-order valence-corrected chi connectivity index (χ1v) is 5.91. The van der Waals surface area contributed by atoms with E-state index in [0.717, 1.165) is 5.56 Å². The van der Waals surface area contributed by atoms with Gasteiger partial charge in [-0.1, -0.05) is 23.7 Å². The molecule has 7 heteroatoms. The van der Waals surface area contributed by atoms with Gasteiger partial charge >= 0.3 is 12.2 Å². The average molecular weight is 295 g/mol. The zero-order valence-corrected chi connectivity index (χ0v) is 11.2. The minimum absolute atomic E-state index is 0.382. The Bertz CT molecular complexity index is 451. The van der Waals surface area contributed by atoms with Crippen molar-refractivity contribution in [2.75, 3.05) is 13.6 Å². The second-order valence-electron chi connectivity index (χ2n) is 4.12. The molecule has 0 aliphatic rings. The van der Waals surface area contributed by atoms with Gasteiger partial charge in [0.15, 0.2) is 0 Å². The molecule has 1 N–H and O–H groups in total. The Balaban J connectivity index is 2.66. The molecule has 0 bridgehead atoms. The van der Waals surface area contributed by atoms with Crippen LogP contribution in [0, 0.1) is 0 Å². The van der Waals surface area contributed by atoms with Crippen LogP contribution >= 0.6 is 11.6 Å². The van der Waals surface area contributed by atoms with Crippen molar-refractivity contribution in [2.24, 2.45) is 0 Å². The minimum atomic E-state index is -4.42. The summed E-state index contributed by atoms with van der Waals surface area (Å²) in [7, 11) is 1.43. The largest absolute Gasteiger partial charge is 0.405 e. The van der Waals surface area contributed by atoms with Crippen LogP contribution in [0.2, 0.25) is 5.02 Å². The Hall–Kier alpha value is -1.43. The first-order valence-electron chi connectivity index (χ1n) is 5.53. The maximum Gasteiger partial charge on any atom is 0.405 e. The van der Waals surface area contributed by atoms with E-state index < -0.39 is 18.8 Å². The minimum Gasteiger partial charge on any atom is -0.329 e. The predicted molar refractivity (Wildman–Crippen MR) is 67.1 cm³/mol. The number of carbonyl (C=O) groups excluding carboxylic acids is 1. The number of hydrogen-bond donors (Lipinski definition) is 1. The summed E-state index contributed by atoms with van der Waals surface area (Å²) in [5.41, 5.74) is 0.747. The normalized spacial score (nSPS) is 12.9. The molecular formula is C12H14ClF3N2O. The first-order chi connectivity index (χ1) is 8.70. The van der Waals surface area contributed by atoms with Crippen molar-refractivity contribution in [3.05, 3.63) is 34.9 Å². The Morgan fingerprint density at radius 2 is 2.11 bits per heavy atom. The molecule has 3 nitrogen and oxygen atoms in total. The summed E-state index contributed by atoms with van der Waals surface area (Å²) < 4.78 is 36.0. The predicted octanol–water partition coefficient (Wildman–Crippen LogP) is 3.60. The molecule has 1 unspecified atom stereocenters. The van der Waals surface area contributed by atoms with E-state index in [-0.39, 0.29) is 6.04 Å². The van der Waals surface area contributed by atoms with Gasteiger partial charge < -0.3 is 10.2 Å². The lowest BCUT2D eigenvalue weighted by Gasteiger charge is -2.26. The van der Waals surface area contributed by atoms with Crippen molar-refractivity contribution in [3.63, 3.8) is 0 Å². The summed E-state index contributed by atoms with van der Waals surface area (Å²) in [6.07, 6.45) is -4.42. The van der Waals surface area contributed by atoms with Gasteiger partial charge in [-0.15, -0.1) is 0 Å². The highest BCUT2D eigenvalue weighted by molar-refractivity contribution is 6.30. The molecular weight excluding hydrogens is 281 g/mol. The second kappa shape index (κ2) is 6.14. The van der Waals surface area contributed by atoms with Crippen LogP contribution in [0.15, 0.2) is 24.3 Å². The molecule has 0 spiro atoms. The van der Waals surface area contributed by atoms with E-state index >= 15 is 0 Å². The second-order valence-corrected chi connectivity index (χ2v) is 4.55. The Morgan fingerprint density at radius 1 is 1.47 bits per heavy atom. The average Bonchev–Trinajstić information content (AvgIpc) is 2.33. The Kier molecular flexibility index (Phi) is 5.05. The van der Waals surface area contributed by atoms with Gasteiger partial charge in [0.25, 0.3) is 0 Å². The summed E-state index contributed by atoms with van der Waals surface area (Å²) >= 11 is 5.83. The molecule has 1 rings (SSSR count). The third kappa shape index (κ3) is 4.98. The first kappa shape index (κ1) is 15.6. The third-order valence-electron chi connectivity index (χ3n) is 2.67. The fourth-order valence-corrected chi connectivity index (χ4v) is 1.67. The van der Waals surface area contributed by atoms with Crippen molar-refractivity contribution < 1.29 is 18.0 Å². The lowest BCUT2D eigenvalue weighted by molar-refractivity contribution is -0.123. The highest BCUT2D eigenvalue weighted by Gasteiger charge is 2.29. The third-order valence-corrected chi connectivity index (χ3v) is 2.91. The quantitative estimate of drug-likeness (QED) is 0.907. The van der Waals surface area contributed by atoms with Gasteiger partial charge in [0, 0.05) is 12.1 Å². The standard InChI is InChI=1S/C12H14ClF3N2O/c1-8(9-4-3-5-10(13)6-9)18(2)11(19)17-7-12(14,15)16/h3-6,8H,7H2,1-2H3,(H,17,19). The molecule has 1 atom stereocenters. The molecule has 1 aromatic rings. The molecule has 0 saturated heterocycles. The molecule has 0 saturated carbocycles. The number of amides is 2. The van der Waals surface area contributed by atoms with E-state index in [1.165, 1.54) is 11.9 Å². The van der Waals surface area contributed by atoms with Crippen LogP contribution < -0.4 is 5.32 Å². The SMILES string of the molecule is CC(c1cccc(Cl)c1)N(C)C(=O)NCC(F)(F)F. The number of hydrogen-bond acceptors (Lipinski definition) is 1. The number of nitrogens with one attached hydrogen (secondary N) is 1. The molecule has 0 aliphatic heterocycles. The van der Waals surface area contributed by atoms with E-state index in [2.05, 4.69) is 0 Å². The summed E-state index contributed by atoms with van der Waals surface area (Å²) in [5.74, 6) is 0. The number of rotatable bonds is 3. The molecule has 0 heterocycles. The Labute approximate surface area is 114 Å². The molecule has 0 fully saturated rings. The molecule has 0 aliphatic carbocycles. The lowest BCUT2D eigenvalue weighted by atomic mass is 10.1. The summed E-state index contributed by atoms with van der Waals surface area (Å²) in [6.45, 7) is 0.358. The van der Waals surface area contributed by atoms with E-state index in [0.29, 0.717) is 5.02 Å². The van der Waals surface area contributed by atoms with Crippen molar-refractivity contribution in [2.45, 2.75) is 19.1 Å². The van der Waals surface area contributed by atoms with Gasteiger partial charge in [-0.3, -0.25) is 0 Å². The van der Waals surface area contributed by atoms with Crippen molar-refractivity contribution in [1.29, 1.82) is 0 Å². The molecule has 106 valence electrons. The summed E-state index contributed by atoms with van der Waals surface area (Å²) in [4.78, 5) is 12.8. The summed E-state index contributed by atoms with van der Waals surface area (Å²) in [5, 5.41) is 2.32. The van der Waals surface area contributed by atoms with Crippen LogP contribution in [-0.4, -0.2) is 30.7 Å². The zero-order valence-electron chi connectivity index (χ0n) is 10.5. The highest BCUT2D eigenvalue weighted by atomic mass is 35.5. The van der Waals surface area contributed by atoms with Crippen LogP contribution in [-0.2, 0) is 0 Å². The van der Waals surface area contributed by atoms with E-state index in [9.17, 15) is 18.0 Å². The smallest absolute Gasteiger partial charge is 0.329 e. The van der Waals surface area contributed by atoms with Crippen LogP contribution in [0.25, 0.3) is 0 Å². The van der Waals surface area contributed by atoms with Crippen molar-refractivity contribution >= 4 is 17.6 Å². The van der Waals surface area contributed by atoms with E-state index in [1.807, 2.05) is 5.32 Å².